The number of aliphatic hydroxyl groups is 1. The summed E-state index contributed by atoms with van der Waals surface area (Å²) in [5.74, 6) is -1.81. The largest absolute Gasteiger partial charge is 0.370 e. The summed E-state index contributed by atoms with van der Waals surface area (Å²) < 4.78 is 0.940. The van der Waals surface area contributed by atoms with E-state index in [0.29, 0.717) is 16.3 Å². The second kappa shape index (κ2) is 8.78. The zero-order chi connectivity index (χ0) is 21.2. The van der Waals surface area contributed by atoms with E-state index in [2.05, 4.69) is 39.3 Å². The second-order valence-electron chi connectivity index (χ2n) is 7.11. The first-order chi connectivity index (χ1) is 13.8. The predicted molar refractivity (Wildman–Crippen MR) is 125 cm³/mol. The minimum Gasteiger partial charge on any atom is -0.370 e. The van der Waals surface area contributed by atoms with Crippen LogP contribution in [0.4, 0.5) is 5.69 Å². The number of aryl methyl sites for hydroxylation is 1. The number of anilines is 1. The van der Waals surface area contributed by atoms with Crippen LogP contribution in [0.2, 0.25) is 0 Å². The van der Waals surface area contributed by atoms with Crippen LogP contribution in [0.1, 0.15) is 24.0 Å². The molecule has 2 aromatic carbocycles. The maximum absolute atomic E-state index is 13.4. The molecule has 0 saturated carbocycles. The monoisotopic (exact) mass is 519 g/mol. The Bertz CT molecular complexity index is 1010. The molecule has 3 atom stereocenters. The van der Waals surface area contributed by atoms with Gasteiger partial charge in [-0.05, 0) is 66.0 Å². The number of carbonyl (C=O) groups is 1. The fourth-order valence-corrected chi connectivity index (χ4v) is 5.11. The molecule has 0 aliphatic carbocycles. The maximum atomic E-state index is 13.4. The highest BCUT2D eigenvalue weighted by atomic mass is 127. The summed E-state index contributed by atoms with van der Waals surface area (Å²) in [6, 6.07) is 17.4. The van der Waals surface area contributed by atoms with Crippen LogP contribution in [0.25, 0.3) is 0 Å². The smallest absolute Gasteiger partial charge is 0.233 e. The molecular weight excluding hydrogens is 497 g/mol. The number of para-hydroxylation sites is 1. The topological polar surface area (TPSA) is 85.2 Å². The van der Waals surface area contributed by atoms with Crippen molar-refractivity contribution < 1.29 is 9.90 Å². The highest BCUT2D eigenvalue weighted by Crippen LogP contribution is 2.45. The van der Waals surface area contributed by atoms with Crippen LogP contribution in [-0.2, 0) is 4.79 Å². The zero-order valence-electron chi connectivity index (χ0n) is 16.4. The summed E-state index contributed by atoms with van der Waals surface area (Å²) in [6.45, 7) is 3.50. The molecule has 0 unspecified atom stereocenters. The average Bonchev–Trinajstić information content (AvgIpc) is 2.68. The van der Waals surface area contributed by atoms with Gasteiger partial charge >= 0.3 is 0 Å². The SMILES string of the molecule is CSC1=C(C#N)[C@H](c2ccccc2I)[C@@H](C(=O)Nc2ccccc2C)[C@@](C)(O)N1. The molecule has 29 heavy (non-hydrogen) atoms. The van der Waals surface area contributed by atoms with Gasteiger partial charge in [0.1, 0.15) is 5.72 Å². The van der Waals surface area contributed by atoms with Crippen molar-refractivity contribution >= 4 is 45.9 Å². The number of carbonyl (C=O) groups excluding carboxylic acids is 1. The van der Waals surface area contributed by atoms with Crippen molar-refractivity contribution in [1.29, 1.82) is 5.26 Å². The van der Waals surface area contributed by atoms with Crippen molar-refractivity contribution in [3.05, 3.63) is 73.8 Å². The number of nitrogens with one attached hydrogen (secondary N) is 2. The molecule has 0 saturated heterocycles. The molecular formula is C22H22IN3O2S. The van der Waals surface area contributed by atoms with Gasteiger partial charge in [0.2, 0.25) is 5.91 Å². The Morgan fingerprint density at radius 2 is 1.93 bits per heavy atom. The fourth-order valence-electron chi connectivity index (χ4n) is 3.68. The number of nitriles is 1. The Morgan fingerprint density at radius 1 is 1.28 bits per heavy atom. The summed E-state index contributed by atoms with van der Waals surface area (Å²) in [5, 5.41) is 27.7. The molecule has 2 aromatic rings. The van der Waals surface area contributed by atoms with Crippen molar-refractivity contribution in [3.8, 4) is 6.07 Å². The highest BCUT2D eigenvalue weighted by molar-refractivity contribution is 14.1. The number of thioether (sulfide) groups is 1. The molecule has 1 amide bonds. The Morgan fingerprint density at radius 3 is 2.55 bits per heavy atom. The van der Waals surface area contributed by atoms with E-state index in [4.69, 9.17) is 0 Å². The quantitative estimate of drug-likeness (QED) is 0.524. The van der Waals surface area contributed by atoms with E-state index in [-0.39, 0.29) is 5.91 Å². The summed E-state index contributed by atoms with van der Waals surface area (Å²) in [6.07, 6.45) is 1.84. The molecule has 0 aromatic heterocycles. The second-order valence-corrected chi connectivity index (χ2v) is 9.09. The number of halogens is 1. The minimum absolute atomic E-state index is 0.339. The third kappa shape index (κ3) is 4.29. The number of benzene rings is 2. The number of rotatable bonds is 4. The third-order valence-corrected chi connectivity index (χ3v) is 6.82. The van der Waals surface area contributed by atoms with Gasteiger partial charge in [-0.15, -0.1) is 11.8 Å². The first-order valence-corrected chi connectivity index (χ1v) is 11.4. The molecule has 7 heteroatoms. The normalized spacial score (nSPS) is 23.9. The maximum Gasteiger partial charge on any atom is 0.233 e. The van der Waals surface area contributed by atoms with Crippen LogP contribution < -0.4 is 10.6 Å². The van der Waals surface area contributed by atoms with Crippen LogP contribution in [0.3, 0.4) is 0 Å². The first-order valence-electron chi connectivity index (χ1n) is 9.10. The van der Waals surface area contributed by atoms with Gasteiger partial charge in [0.15, 0.2) is 0 Å². The third-order valence-electron chi connectivity index (χ3n) is 5.11. The van der Waals surface area contributed by atoms with Gasteiger partial charge < -0.3 is 15.7 Å². The Balaban J connectivity index is 2.14. The molecule has 0 fully saturated rings. The van der Waals surface area contributed by atoms with E-state index in [1.54, 1.807) is 6.92 Å². The molecule has 1 aliphatic rings. The lowest BCUT2D eigenvalue weighted by atomic mass is 9.73. The van der Waals surface area contributed by atoms with Crippen LogP contribution >= 0.6 is 34.4 Å². The Kier molecular flexibility index (Phi) is 6.56. The lowest BCUT2D eigenvalue weighted by Gasteiger charge is -2.43. The summed E-state index contributed by atoms with van der Waals surface area (Å²) in [4.78, 5) is 13.4. The molecule has 1 aliphatic heterocycles. The molecule has 5 nitrogen and oxygen atoms in total. The van der Waals surface area contributed by atoms with Gasteiger partial charge in [-0.25, -0.2) is 0 Å². The Hall–Kier alpha value is -2.02. The van der Waals surface area contributed by atoms with Crippen LogP contribution in [0.15, 0.2) is 59.1 Å². The fraction of sp³-hybridized carbons (Fsp3) is 0.273. The average molecular weight is 519 g/mol. The van der Waals surface area contributed by atoms with E-state index >= 15 is 0 Å². The van der Waals surface area contributed by atoms with Crippen LogP contribution in [0, 0.1) is 27.7 Å². The van der Waals surface area contributed by atoms with E-state index < -0.39 is 17.6 Å². The highest BCUT2D eigenvalue weighted by Gasteiger charge is 2.50. The number of allylic oxidation sites excluding steroid dienone is 1. The number of hydrogen-bond acceptors (Lipinski definition) is 5. The molecule has 150 valence electrons. The van der Waals surface area contributed by atoms with Crippen LogP contribution in [-0.4, -0.2) is 23.0 Å². The zero-order valence-corrected chi connectivity index (χ0v) is 19.3. The summed E-state index contributed by atoms with van der Waals surface area (Å²) in [5.41, 5.74) is 1.39. The molecule has 3 N–H and O–H groups in total. The lowest BCUT2D eigenvalue weighted by molar-refractivity contribution is -0.131. The molecule has 0 radical (unpaired) electrons. The van der Waals surface area contributed by atoms with Gasteiger partial charge in [0.25, 0.3) is 0 Å². The van der Waals surface area contributed by atoms with Crippen LogP contribution in [0.5, 0.6) is 0 Å². The number of amides is 1. The molecule has 1 heterocycles. The van der Waals surface area contributed by atoms with E-state index in [1.807, 2.05) is 61.7 Å². The molecule has 3 rings (SSSR count). The van der Waals surface area contributed by atoms with Gasteiger partial charge in [0.05, 0.1) is 22.6 Å². The summed E-state index contributed by atoms with van der Waals surface area (Å²) in [7, 11) is 0. The van der Waals surface area contributed by atoms with E-state index in [1.165, 1.54) is 11.8 Å². The standard InChI is InChI=1S/C22H22IN3O2S/c1-13-8-4-7-11-17(13)25-20(27)19-18(14-9-5-6-10-16(14)23)15(12-24)21(29-3)26-22(19,2)28/h4-11,18-19,26,28H,1-3H3,(H,25,27)/t18-,19-,22+/m0/s1. The van der Waals surface area contributed by atoms with Crippen molar-refractivity contribution in [2.24, 2.45) is 5.92 Å². The van der Waals surface area contributed by atoms with Gasteiger partial charge in [-0.1, -0.05) is 36.4 Å². The van der Waals surface area contributed by atoms with Crippen molar-refractivity contribution in [2.75, 3.05) is 11.6 Å². The molecule has 0 bridgehead atoms. The van der Waals surface area contributed by atoms with E-state index in [9.17, 15) is 15.2 Å². The number of nitrogens with zero attached hydrogens (tertiary/aromatic N) is 1. The lowest BCUT2D eigenvalue weighted by Crippen LogP contribution is -2.57. The number of hydrogen-bond donors (Lipinski definition) is 3. The van der Waals surface area contributed by atoms with E-state index in [0.717, 1.165) is 14.7 Å². The van der Waals surface area contributed by atoms with Crippen molar-refractivity contribution in [2.45, 2.75) is 25.5 Å². The molecule has 0 spiro atoms. The van der Waals surface area contributed by atoms with Gasteiger partial charge in [0, 0.05) is 15.2 Å². The van der Waals surface area contributed by atoms with Crippen molar-refractivity contribution in [3.63, 3.8) is 0 Å². The predicted octanol–water partition coefficient (Wildman–Crippen LogP) is 4.35. The van der Waals surface area contributed by atoms with Crippen molar-refractivity contribution in [1.82, 2.24) is 5.32 Å². The first kappa shape index (κ1) is 21.7. The van der Waals surface area contributed by atoms with Gasteiger partial charge in [-0.3, -0.25) is 4.79 Å². The minimum atomic E-state index is -1.53. The Labute approximate surface area is 188 Å². The summed E-state index contributed by atoms with van der Waals surface area (Å²) >= 11 is 3.57. The van der Waals surface area contributed by atoms with Gasteiger partial charge in [-0.2, -0.15) is 5.26 Å².